The van der Waals surface area contributed by atoms with E-state index >= 15 is 0 Å². The smallest absolute Gasteiger partial charge is 0.230 e. The van der Waals surface area contributed by atoms with E-state index in [-0.39, 0.29) is 17.7 Å². The molecule has 0 bridgehead atoms. The molecule has 1 aromatic heterocycles. The Kier molecular flexibility index (Phi) is 7.04. The van der Waals surface area contributed by atoms with Gasteiger partial charge in [0, 0.05) is 0 Å². The summed E-state index contributed by atoms with van der Waals surface area (Å²) in [5.74, 6) is 0.705. The molecule has 0 aliphatic carbocycles. The third-order valence-corrected chi connectivity index (χ3v) is 5.74. The predicted octanol–water partition coefficient (Wildman–Crippen LogP) is 4.27. The first-order valence-corrected chi connectivity index (χ1v) is 10.8. The van der Waals surface area contributed by atoms with Crippen molar-refractivity contribution < 1.29 is 4.79 Å². The molecule has 0 saturated heterocycles. The van der Waals surface area contributed by atoms with Crippen LogP contribution in [-0.4, -0.2) is 31.9 Å². The summed E-state index contributed by atoms with van der Waals surface area (Å²) < 4.78 is 1.70. The van der Waals surface area contributed by atoms with Gasteiger partial charge in [-0.05, 0) is 59.4 Å². The van der Waals surface area contributed by atoms with E-state index < -0.39 is 0 Å². The number of aryl methyl sites for hydroxylation is 1. The van der Waals surface area contributed by atoms with Gasteiger partial charge in [-0.2, -0.15) is 4.68 Å². The van der Waals surface area contributed by atoms with Crippen LogP contribution in [0.4, 0.5) is 0 Å². The minimum absolute atomic E-state index is 0.000637. The highest BCUT2D eigenvalue weighted by Crippen LogP contribution is 2.24. The average Bonchev–Trinajstić information content (AvgIpc) is 3.17. The molecule has 0 saturated carbocycles. The van der Waals surface area contributed by atoms with E-state index in [0.29, 0.717) is 11.1 Å². The Morgan fingerprint density at radius 2 is 1.86 bits per heavy atom. The largest absolute Gasteiger partial charge is 0.349 e. The fourth-order valence-corrected chi connectivity index (χ4v) is 3.88. The van der Waals surface area contributed by atoms with Crippen LogP contribution < -0.4 is 5.32 Å². The van der Waals surface area contributed by atoms with Gasteiger partial charge < -0.3 is 5.32 Å². The predicted molar refractivity (Wildman–Crippen MR) is 116 cm³/mol. The lowest BCUT2D eigenvalue weighted by atomic mass is 9.97. The lowest BCUT2D eigenvalue weighted by Crippen LogP contribution is -2.31. The number of thioether (sulfide) groups is 1. The van der Waals surface area contributed by atoms with E-state index in [4.69, 9.17) is 0 Å². The van der Waals surface area contributed by atoms with Crippen LogP contribution in [0.3, 0.4) is 0 Å². The number of carbonyl (C=O) groups is 1. The number of nitrogens with one attached hydrogen (secondary N) is 1. The molecular formula is C22H27N5OS. The second kappa shape index (κ2) is 9.69. The van der Waals surface area contributed by atoms with E-state index in [1.165, 1.54) is 17.3 Å². The SMILES string of the molecule is Cc1cccc(-n2nnnc2SCC(=O)NC(CC(C)C)c2ccccc2)c1C. The molecule has 0 aliphatic heterocycles. The van der Waals surface area contributed by atoms with Crippen molar-refractivity contribution in [2.45, 2.75) is 45.3 Å². The summed E-state index contributed by atoms with van der Waals surface area (Å²) in [6, 6.07) is 16.1. The molecule has 1 N–H and O–H groups in total. The molecule has 1 amide bonds. The third kappa shape index (κ3) is 5.44. The Bertz CT molecular complexity index is 955. The molecule has 1 heterocycles. The maximum absolute atomic E-state index is 12.7. The first-order chi connectivity index (χ1) is 14.0. The molecule has 0 fully saturated rings. The number of rotatable bonds is 8. The molecule has 0 aliphatic rings. The molecule has 1 atom stereocenters. The van der Waals surface area contributed by atoms with Gasteiger partial charge >= 0.3 is 0 Å². The van der Waals surface area contributed by atoms with Crippen molar-refractivity contribution in [2.75, 3.05) is 5.75 Å². The maximum Gasteiger partial charge on any atom is 0.230 e. The molecule has 0 spiro atoms. The van der Waals surface area contributed by atoms with Gasteiger partial charge in [0.05, 0.1) is 17.5 Å². The number of nitrogens with zero attached hydrogens (tertiary/aromatic N) is 4. The number of aromatic nitrogens is 4. The van der Waals surface area contributed by atoms with Crippen molar-refractivity contribution in [1.29, 1.82) is 0 Å². The molecule has 29 heavy (non-hydrogen) atoms. The van der Waals surface area contributed by atoms with Crippen LogP contribution >= 0.6 is 11.8 Å². The lowest BCUT2D eigenvalue weighted by molar-refractivity contribution is -0.119. The first-order valence-electron chi connectivity index (χ1n) is 9.77. The normalized spacial score (nSPS) is 12.2. The Balaban J connectivity index is 1.68. The molecule has 6 nitrogen and oxygen atoms in total. The summed E-state index contributed by atoms with van der Waals surface area (Å²) in [5.41, 5.74) is 4.35. The Morgan fingerprint density at radius 3 is 2.59 bits per heavy atom. The van der Waals surface area contributed by atoms with Gasteiger partial charge in [-0.3, -0.25) is 4.79 Å². The van der Waals surface area contributed by atoms with Crippen molar-refractivity contribution in [3.63, 3.8) is 0 Å². The quantitative estimate of drug-likeness (QED) is 0.562. The number of tetrazole rings is 1. The van der Waals surface area contributed by atoms with E-state index in [1.807, 2.05) is 37.3 Å². The summed E-state index contributed by atoms with van der Waals surface area (Å²) in [5, 5.41) is 15.8. The molecular weight excluding hydrogens is 382 g/mol. The summed E-state index contributed by atoms with van der Waals surface area (Å²) in [7, 11) is 0. The van der Waals surface area contributed by atoms with Crippen LogP contribution in [0, 0.1) is 19.8 Å². The number of hydrogen-bond acceptors (Lipinski definition) is 5. The fourth-order valence-electron chi connectivity index (χ4n) is 3.19. The summed E-state index contributed by atoms with van der Waals surface area (Å²) in [6.07, 6.45) is 0.890. The lowest BCUT2D eigenvalue weighted by Gasteiger charge is -2.21. The highest BCUT2D eigenvalue weighted by atomic mass is 32.2. The van der Waals surface area contributed by atoms with Gasteiger partial charge in [0.15, 0.2) is 0 Å². The van der Waals surface area contributed by atoms with Crippen LogP contribution in [-0.2, 0) is 4.79 Å². The zero-order valence-electron chi connectivity index (χ0n) is 17.3. The van der Waals surface area contributed by atoms with Gasteiger partial charge in [0.25, 0.3) is 0 Å². The molecule has 0 radical (unpaired) electrons. The topological polar surface area (TPSA) is 72.7 Å². The number of amides is 1. The van der Waals surface area contributed by atoms with E-state index in [9.17, 15) is 4.79 Å². The molecule has 3 aromatic rings. The van der Waals surface area contributed by atoms with Gasteiger partial charge in [0.1, 0.15) is 0 Å². The van der Waals surface area contributed by atoms with Crippen molar-refractivity contribution in [2.24, 2.45) is 5.92 Å². The standard InChI is InChI=1S/C22H27N5OS/c1-15(2)13-19(18-10-6-5-7-11-18)23-21(28)14-29-22-24-25-26-27(22)20-12-8-9-16(3)17(20)4/h5-12,15,19H,13-14H2,1-4H3,(H,23,28). The van der Waals surface area contributed by atoms with E-state index in [0.717, 1.165) is 23.2 Å². The highest BCUT2D eigenvalue weighted by molar-refractivity contribution is 7.99. The Morgan fingerprint density at radius 1 is 1.10 bits per heavy atom. The van der Waals surface area contributed by atoms with E-state index in [2.05, 4.69) is 59.8 Å². The fraction of sp³-hybridized carbons (Fsp3) is 0.364. The van der Waals surface area contributed by atoms with Crippen molar-refractivity contribution in [3.05, 3.63) is 65.2 Å². The second-order valence-electron chi connectivity index (χ2n) is 7.54. The van der Waals surface area contributed by atoms with Crippen LogP contribution in [0.2, 0.25) is 0 Å². The Labute approximate surface area is 176 Å². The van der Waals surface area contributed by atoms with Crippen molar-refractivity contribution >= 4 is 17.7 Å². The van der Waals surface area contributed by atoms with Crippen LogP contribution in [0.5, 0.6) is 0 Å². The van der Waals surface area contributed by atoms with Crippen LogP contribution in [0.25, 0.3) is 5.69 Å². The zero-order chi connectivity index (χ0) is 20.8. The molecule has 2 aromatic carbocycles. The minimum Gasteiger partial charge on any atom is -0.349 e. The summed E-state index contributed by atoms with van der Waals surface area (Å²) in [4.78, 5) is 12.7. The van der Waals surface area contributed by atoms with Crippen LogP contribution in [0.1, 0.15) is 43.0 Å². The summed E-state index contributed by atoms with van der Waals surface area (Å²) in [6.45, 7) is 8.43. The van der Waals surface area contributed by atoms with Gasteiger partial charge in [-0.15, -0.1) is 5.10 Å². The molecule has 152 valence electrons. The minimum atomic E-state index is -0.0278. The monoisotopic (exact) mass is 409 g/mol. The summed E-state index contributed by atoms with van der Waals surface area (Å²) >= 11 is 1.34. The Hall–Kier alpha value is -2.67. The average molecular weight is 410 g/mol. The van der Waals surface area contributed by atoms with E-state index in [1.54, 1.807) is 4.68 Å². The number of hydrogen-bond donors (Lipinski definition) is 1. The number of benzene rings is 2. The molecule has 1 unspecified atom stereocenters. The first kappa shape index (κ1) is 21.0. The van der Waals surface area contributed by atoms with Gasteiger partial charge in [-0.25, -0.2) is 0 Å². The maximum atomic E-state index is 12.7. The van der Waals surface area contributed by atoms with Gasteiger partial charge in [-0.1, -0.05) is 68.1 Å². The number of carbonyl (C=O) groups excluding carboxylic acids is 1. The van der Waals surface area contributed by atoms with Gasteiger partial charge in [0.2, 0.25) is 11.1 Å². The van der Waals surface area contributed by atoms with Crippen molar-refractivity contribution in [1.82, 2.24) is 25.5 Å². The zero-order valence-corrected chi connectivity index (χ0v) is 18.1. The van der Waals surface area contributed by atoms with Crippen LogP contribution in [0.15, 0.2) is 53.7 Å². The highest BCUT2D eigenvalue weighted by Gasteiger charge is 2.18. The van der Waals surface area contributed by atoms with Crippen molar-refractivity contribution in [3.8, 4) is 5.69 Å². The molecule has 7 heteroatoms. The molecule has 3 rings (SSSR count). The second-order valence-corrected chi connectivity index (χ2v) is 8.48. The third-order valence-electron chi connectivity index (χ3n) is 4.82.